The zero-order valence-corrected chi connectivity index (χ0v) is 18.3. The van der Waals surface area contributed by atoms with Crippen molar-refractivity contribution >= 4 is 29.9 Å². The summed E-state index contributed by atoms with van der Waals surface area (Å²) in [5.41, 5.74) is 3.37. The predicted molar refractivity (Wildman–Crippen MR) is 111 cm³/mol. The first kappa shape index (κ1) is 22.2. The highest BCUT2D eigenvalue weighted by molar-refractivity contribution is 14.0. The fourth-order valence-electron chi connectivity index (χ4n) is 2.72. The number of aliphatic imine (C=N–C) groups is 1. The molecule has 1 aliphatic heterocycles. The fourth-order valence-corrected chi connectivity index (χ4v) is 2.72. The third-order valence-corrected chi connectivity index (χ3v) is 4.25. The second-order valence-electron chi connectivity index (χ2n) is 6.33. The van der Waals surface area contributed by atoms with Crippen molar-refractivity contribution in [1.82, 2.24) is 20.4 Å². The van der Waals surface area contributed by atoms with Crippen molar-refractivity contribution in [3.63, 3.8) is 0 Å². The summed E-state index contributed by atoms with van der Waals surface area (Å²) >= 11 is 0. The SMILES string of the molecule is CCNC(=NCc1c(C)nn(C)c1C)NC(C)COC1CCOC1.I. The first-order chi connectivity index (χ1) is 11.5. The Kier molecular flexibility index (Phi) is 9.73. The molecule has 8 heteroatoms. The van der Waals surface area contributed by atoms with Crippen LogP contribution >= 0.6 is 24.0 Å². The number of ether oxygens (including phenoxy) is 2. The van der Waals surface area contributed by atoms with Crippen molar-refractivity contribution in [2.75, 3.05) is 26.4 Å². The van der Waals surface area contributed by atoms with E-state index in [2.05, 4.69) is 36.5 Å². The Morgan fingerprint density at radius 1 is 1.48 bits per heavy atom. The second kappa shape index (κ2) is 11.0. The summed E-state index contributed by atoms with van der Waals surface area (Å²) in [6.07, 6.45) is 1.22. The Labute approximate surface area is 168 Å². The van der Waals surface area contributed by atoms with Crippen molar-refractivity contribution < 1.29 is 9.47 Å². The molecule has 1 aromatic heterocycles. The zero-order chi connectivity index (χ0) is 17.5. The number of nitrogens with zero attached hydrogens (tertiary/aromatic N) is 3. The molecule has 1 aliphatic rings. The first-order valence-corrected chi connectivity index (χ1v) is 8.74. The third kappa shape index (κ3) is 6.74. The standard InChI is InChI=1S/C17H31N5O2.HI/c1-6-18-17(19-9-16-13(3)21-22(5)14(16)4)20-12(2)10-24-15-7-8-23-11-15;/h12,15H,6-11H2,1-5H3,(H2,18,19,20);1H. The molecular formula is C17H32IN5O2. The molecule has 2 heterocycles. The molecule has 7 nitrogen and oxygen atoms in total. The Balaban J connectivity index is 0.00000312. The van der Waals surface area contributed by atoms with E-state index in [4.69, 9.17) is 14.5 Å². The van der Waals surface area contributed by atoms with Crippen LogP contribution in [0.3, 0.4) is 0 Å². The van der Waals surface area contributed by atoms with Gasteiger partial charge in [-0.1, -0.05) is 0 Å². The van der Waals surface area contributed by atoms with Gasteiger partial charge in [0.2, 0.25) is 0 Å². The molecule has 0 aromatic carbocycles. The molecule has 1 saturated heterocycles. The van der Waals surface area contributed by atoms with Crippen LogP contribution in [0.4, 0.5) is 0 Å². The van der Waals surface area contributed by atoms with Crippen molar-refractivity contribution in [2.45, 2.75) is 52.8 Å². The van der Waals surface area contributed by atoms with Crippen LogP contribution in [0.2, 0.25) is 0 Å². The minimum atomic E-state index is 0. The zero-order valence-electron chi connectivity index (χ0n) is 16.0. The summed E-state index contributed by atoms with van der Waals surface area (Å²) in [4.78, 5) is 4.70. The van der Waals surface area contributed by atoms with Gasteiger partial charge < -0.3 is 20.1 Å². The molecule has 25 heavy (non-hydrogen) atoms. The molecule has 2 N–H and O–H groups in total. The highest BCUT2D eigenvalue weighted by Gasteiger charge is 2.17. The van der Waals surface area contributed by atoms with Crippen LogP contribution in [0.15, 0.2) is 4.99 Å². The highest BCUT2D eigenvalue weighted by atomic mass is 127. The van der Waals surface area contributed by atoms with E-state index in [0.717, 1.165) is 36.9 Å². The minimum absolute atomic E-state index is 0. The lowest BCUT2D eigenvalue weighted by molar-refractivity contribution is 0.0347. The van der Waals surface area contributed by atoms with Gasteiger partial charge in [-0.05, 0) is 34.1 Å². The van der Waals surface area contributed by atoms with Gasteiger partial charge in [-0.15, -0.1) is 24.0 Å². The van der Waals surface area contributed by atoms with Gasteiger partial charge in [-0.2, -0.15) is 5.10 Å². The van der Waals surface area contributed by atoms with Crippen LogP contribution in [0.1, 0.15) is 37.2 Å². The molecular weight excluding hydrogens is 433 g/mol. The van der Waals surface area contributed by atoms with Gasteiger partial charge in [0.25, 0.3) is 0 Å². The molecule has 0 amide bonds. The minimum Gasteiger partial charge on any atom is -0.379 e. The summed E-state index contributed by atoms with van der Waals surface area (Å²) in [5, 5.41) is 11.1. The molecule has 2 unspecified atom stereocenters. The topological polar surface area (TPSA) is 72.7 Å². The second-order valence-corrected chi connectivity index (χ2v) is 6.33. The van der Waals surface area contributed by atoms with Crippen molar-refractivity contribution in [1.29, 1.82) is 0 Å². The average molecular weight is 465 g/mol. The van der Waals surface area contributed by atoms with E-state index < -0.39 is 0 Å². The number of hydrogen-bond donors (Lipinski definition) is 2. The van der Waals surface area contributed by atoms with Gasteiger partial charge in [0.15, 0.2) is 5.96 Å². The van der Waals surface area contributed by atoms with Crippen LogP contribution in [-0.4, -0.2) is 54.3 Å². The van der Waals surface area contributed by atoms with Gasteiger partial charge in [0.05, 0.1) is 31.6 Å². The van der Waals surface area contributed by atoms with Crippen LogP contribution < -0.4 is 10.6 Å². The van der Waals surface area contributed by atoms with E-state index >= 15 is 0 Å². The van der Waals surface area contributed by atoms with E-state index in [1.807, 2.05) is 18.7 Å². The summed E-state index contributed by atoms with van der Waals surface area (Å²) in [5.74, 6) is 0.805. The average Bonchev–Trinajstić information content (AvgIpc) is 3.13. The molecule has 1 fully saturated rings. The monoisotopic (exact) mass is 465 g/mol. The number of guanidine groups is 1. The van der Waals surface area contributed by atoms with Gasteiger partial charge in [0, 0.05) is 37.5 Å². The van der Waals surface area contributed by atoms with E-state index in [1.165, 1.54) is 5.56 Å². The number of nitrogens with one attached hydrogen (secondary N) is 2. The summed E-state index contributed by atoms with van der Waals surface area (Å²) in [6, 6.07) is 0.180. The lowest BCUT2D eigenvalue weighted by Gasteiger charge is -2.19. The Bertz CT molecular complexity index is 555. The number of aromatic nitrogens is 2. The third-order valence-electron chi connectivity index (χ3n) is 4.25. The van der Waals surface area contributed by atoms with Gasteiger partial charge >= 0.3 is 0 Å². The number of halogens is 1. The largest absolute Gasteiger partial charge is 0.379 e. The summed E-state index contributed by atoms with van der Waals surface area (Å²) < 4.78 is 13.1. The molecule has 0 spiro atoms. The van der Waals surface area contributed by atoms with Crippen LogP contribution in [-0.2, 0) is 23.1 Å². The number of aryl methyl sites for hydroxylation is 2. The van der Waals surface area contributed by atoms with Crippen molar-refractivity contribution in [2.24, 2.45) is 12.0 Å². The Morgan fingerprint density at radius 3 is 2.80 bits per heavy atom. The lowest BCUT2D eigenvalue weighted by Crippen LogP contribution is -2.44. The Morgan fingerprint density at radius 2 is 2.24 bits per heavy atom. The van der Waals surface area contributed by atoms with E-state index in [1.54, 1.807) is 0 Å². The van der Waals surface area contributed by atoms with Gasteiger partial charge in [-0.3, -0.25) is 4.68 Å². The molecule has 2 atom stereocenters. The van der Waals surface area contributed by atoms with Crippen LogP contribution in [0.5, 0.6) is 0 Å². The predicted octanol–water partition coefficient (Wildman–Crippen LogP) is 1.90. The smallest absolute Gasteiger partial charge is 0.191 e. The number of rotatable bonds is 7. The summed E-state index contributed by atoms with van der Waals surface area (Å²) in [6.45, 7) is 11.9. The van der Waals surface area contributed by atoms with Crippen molar-refractivity contribution in [3.05, 3.63) is 17.0 Å². The van der Waals surface area contributed by atoms with E-state index in [-0.39, 0.29) is 36.1 Å². The number of hydrogen-bond acceptors (Lipinski definition) is 4. The first-order valence-electron chi connectivity index (χ1n) is 8.74. The molecule has 0 radical (unpaired) electrons. The van der Waals surface area contributed by atoms with E-state index in [0.29, 0.717) is 19.8 Å². The maximum absolute atomic E-state index is 5.86. The van der Waals surface area contributed by atoms with Gasteiger partial charge in [0.1, 0.15) is 0 Å². The maximum Gasteiger partial charge on any atom is 0.191 e. The molecule has 1 aromatic rings. The quantitative estimate of drug-likeness (QED) is 0.366. The Hall–Kier alpha value is -0.870. The van der Waals surface area contributed by atoms with Crippen LogP contribution in [0, 0.1) is 13.8 Å². The molecule has 0 bridgehead atoms. The molecule has 0 saturated carbocycles. The van der Waals surface area contributed by atoms with Crippen LogP contribution in [0.25, 0.3) is 0 Å². The van der Waals surface area contributed by atoms with E-state index in [9.17, 15) is 0 Å². The maximum atomic E-state index is 5.86. The van der Waals surface area contributed by atoms with Crippen molar-refractivity contribution in [3.8, 4) is 0 Å². The van der Waals surface area contributed by atoms with Gasteiger partial charge in [-0.25, -0.2) is 4.99 Å². The molecule has 144 valence electrons. The highest BCUT2D eigenvalue weighted by Crippen LogP contribution is 2.13. The fraction of sp³-hybridized carbons (Fsp3) is 0.765. The molecule has 0 aliphatic carbocycles. The summed E-state index contributed by atoms with van der Waals surface area (Å²) in [7, 11) is 1.96. The lowest BCUT2D eigenvalue weighted by atomic mass is 10.2. The normalized spacial score (nSPS) is 18.8. The molecule has 2 rings (SSSR count).